The van der Waals surface area contributed by atoms with Crippen molar-refractivity contribution in [2.24, 2.45) is 0 Å². The van der Waals surface area contributed by atoms with Gasteiger partial charge in [-0.2, -0.15) is 13.2 Å². The molecule has 0 radical (unpaired) electrons. The lowest BCUT2D eigenvalue weighted by Crippen LogP contribution is -2.39. The third kappa shape index (κ3) is 2.81. The first-order chi connectivity index (χ1) is 12.8. The number of halogens is 3. The van der Waals surface area contributed by atoms with Crippen LogP contribution in [0.5, 0.6) is 5.75 Å². The molecule has 1 aliphatic rings. The molecule has 4 rings (SSSR count). The summed E-state index contributed by atoms with van der Waals surface area (Å²) in [7, 11) is 1.56. The Morgan fingerprint density at radius 1 is 1.26 bits per heavy atom. The Hall–Kier alpha value is -3.04. The number of aryl methyl sites for hydroxylation is 1. The van der Waals surface area contributed by atoms with Crippen LogP contribution >= 0.6 is 0 Å². The van der Waals surface area contributed by atoms with Gasteiger partial charge >= 0.3 is 6.18 Å². The van der Waals surface area contributed by atoms with Crippen molar-refractivity contribution in [1.29, 1.82) is 0 Å². The first-order valence-corrected chi connectivity index (χ1v) is 8.24. The van der Waals surface area contributed by atoms with E-state index in [1.54, 1.807) is 13.2 Å². The standard InChI is InChI=1S/C17H16F3N5O2/c1-9-11-7-10(27-2)3-4-12(11)21-14(9)15(26)24-5-6-25-13(8-24)22-23-16(25)17(18,19)20/h3-4,7,21H,5-6,8H2,1-2H3. The van der Waals surface area contributed by atoms with Crippen LogP contribution in [-0.4, -0.2) is 44.2 Å². The van der Waals surface area contributed by atoms with Gasteiger partial charge in [0.1, 0.15) is 11.4 Å². The molecule has 0 spiro atoms. The van der Waals surface area contributed by atoms with Gasteiger partial charge in [0.2, 0.25) is 5.82 Å². The zero-order valence-electron chi connectivity index (χ0n) is 14.6. The number of hydrogen-bond acceptors (Lipinski definition) is 4. The Labute approximate surface area is 151 Å². The maximum Gasteiger partial charge on any atom is 0.451 e. The van der Waals surface area contributed by atoms with Gasteiger partial charge in [-0.1, -0.05) is 0 Å². The first kappa shape index (κ1) is 17.4. The van der Waals surface area contributed by atoms with E-state index in [1.165, 1.54) is 4.90 Å². The Morgan fingerprint density at radius 2 is 2.04 bits per heavy atom. The largest absolute Gasteiger partial charge is 0.497 e. The van der Waals surface area contributed by atoms with E-state index in [1.807, 2.05) is 19.1 Å². The van der Waals surface area contributed by atoms with Crippen LogP contribution in [0.1, 0.15) is 27.7 Å². The Balaban J connectivity index is 1.64. The summed E-state index contributed by atoms with van der Waals surface area (Å²) in [6.45, 7) is 1.93. The van der Waals surface area contributed by atoms with Crippen LogP contribution in [0.2, 0.25) is 0 Å². The SMILES string of the molecule is COc1ccc2[nH]c(C(=O)N3CCn4c(nnc4C(F)(F)F)C3)c(C)c2c1. The molecule has 0 unspecified atom stereocenters. The number of aromatic amines is 1. The smallest absolute Gasteiger partial charge is 0.451 e. The fourth-order valence-electron chi connectivity index (χ4n) is 3.35. The van der Waals surface area contributed by atoms with Crippen LogP contribution in [0.4, 0.5) is 13.2 Å². The number of hydrogen-bond donors (Lipinski definition) is 1. The van der Waals surface area contributed by atoms with Gasteiger partial charge in [0.25, 0.3) is 5.91 Å². The molecule has 0 saturated heterocycles. The highest BCUT2D eigenvalue weighted by molar-refractivity contribution is 6.01. The Morgan fingerprint density at radius 3 is 2.74 bits per heavy atom. The molecule has 0 aliphatic carbocycles. The van der Waals surface area contributed by atoms with Gasteiger partial charge in [0.05, 0.1) is 13.7 Å². The van der Waals surface area contributed by atoms with Crippen molar-refractivity contribution in [2.75, 3.05) is 13.7 Å². The van der Waals surface area contributed by atoms with Crippen LogP contribution in [-0.2, 0) is 19.3 Å². The second-order valence-electron chi connectivity index (χ2n) is 6.35. The number of amides is 1. The van der Waals surface area contributed by atoms with Crippen molar-refractivity contribution < 1.29 is 22.7 Å². The number of rotatable bonds is 2. The number of carbonyl (C=O) groups excluding carboxylic acids is 1. The third-order valence-electron chi connectivity index (χ3n) is 4.77. The molecular formula is C17H16F3N5O2. The molecule has 0 saturated carbocycles. The van der Waals surface area contributed by atoms with E-state index >= 15 is 0 Å². The molecule has 142 valence electrons. The second-order valence-corrected chi connectivity index (χ2v) is 6.35. The summed E-state index contributed by atoms with van der Waals surface area (Å²) in [6.07, 6.45) is -4.57. The van der Waals surface area contributed by atoms with Crippen molar-refractivity contribution in [3.63, 3.8) is 0 Å². The number of alkyl halides is 3. The Bertz CT molecular complexity index is 1040. The fourth-order valence-corrected chi connectivity index (χ4v) is 3.35. The average molecular weight is 379 g/mol. The van der Waals surface area contributed by atoms with E-state index in [-0.39, 0.29) is 31.4 Å². The summed E-state index contributed by atoms with van der Waals surface area (Å²) in [5.41, 5.74) is 1.95. The maximum atomic E-state index is 12.9. The highest BCUT2D eigenvalue weighted by Gasteiger charge is 2.40. The molecule has 0 atom stereocenters. The number of benzene rings is 1. The van der Waals surface area contributed by atoms with Crippen LogP contribution < -0.4 is 4.74 Å². The minimum Gasteiger partial charge on any atom is -0.497 e. The molecule has 2 aromatic heterocycles. The van der Waals surface area contributed by atoms with Crippen LogP contribution in [0.3, 0.4) is 0 Å². The maximum absolute atomic E-state index is 12.9. The number of methoxy groups -OCH3 is 1. The molecule has 1 aliphatic heterocycles. The van der Waals surface area contributed by atoms with E-state index in [0.717, 1.165) is 21.0 Å². The lowest BCUT2D eigenvalue weighted by atomic mass is 10.1. The summed E-state index contributed by atoms with van der Waals surface area (Å²) >= 11 is 0. The van der Waals surface area contributed by atoms with Gasteiger partial charge in [-0.15, -0.1) is 10.2 Å². The van der Waals surface area contributed by atoms with Gasteiger partial charge in [-0.3, -0.25) is 4.79 Å². The van der Waals surface area contributed by atoms with Crippen molar-refractivity contribution in [3.8, 4) is 5.75 Å². The van der Waals surface area contributed by atoms with E-state index in [0.29, 0.717) is 11.4 Å². The number of nitrogens with zero attached hydrogens (tertiary/aromatic N) is 4. The predicted molar refractivity (Wildman–Crippen MR) is 89.4 cm³/mol. The lowest BCUT2D eigenvalue weighted by Gasteiger charge is -2.28. The monoisotopic (exact) mass is 379 g/mol. The summed E-state index contributed by atoms with van der Waals surface area (Å²) in [4.78, 5) is 17.5. The molecule has 3 heterocycles. The minimum atomic E-state index is -4.57. The number of H-pyrrole nitrogens is 1. The van der Waals surface area contributed by atoms with Crippen molar-refractivity contribution >= 4 is 16.8 Å². The van der Waals surface area contributed by atoms with Gasteiger partial charge < -0.3 is 19.2 Å². The zero-order chi connectivity index (χ0) is 19.3. The van der Waals surface area contributed by atoms with E-state index in [2.05, 4.69) is 15.2 Å². The highest BCUT2D eigenvalue weighted by atomic mass is 19.4. The normalized spacial score (nSPS) is 14.5. The number of aromatic nitrogens is 4. The molecule has 10 heteroatoms. The van der Waals surface area contributed by atoms with Crippen molar-refractivity contribution in [1.82, 2.24) is 24.6 Å². The number of carbonyl (C=O) groups is 1. The van der Waals surface area contributed by atoms with E-state index in [4.69, 9.17) is 4.74 Å². The fraction of sp³-hybridized carbons (Fsp3) is 0.353. The zero-order valence-corrected chi connectivity index (χ0v) is 14.6. The quantitative estimate of drug-likeness (QED) is 0.743. The molecule has 0 bridgehead atoms. The molecule has 0 fully saturated rings. The molecular weight excluding hydrogens is 363 g/mol. The number of nitrogens with one attached hydrogen (secondary N) is 1. The molecule has 1 N–H and O–H groups in total. The summed E-state index contributed by atoms with van der Waals surface area (Å²) < 4.78 is 45.1. The minimum absolute atomic E-state index is 0.00395. The highest BCUT2D eigenvalue weighted by Crippen LogP contribution is 2.30. The summed E-state index contributed by atoms with van der Waals surface area (Å²) in [6, 6.07) is 5.44. The van der Waals surface area contributed by atoms with Gasteiger partial charge in [-0.25, -0.2) is 0 Å². The topological polar surface area (TPSA) is 76.0 Å². The lowest BCUT2D eigenvalue weighted by molar-refractivity contribution is -0.147. The average Bonchev–Trinajstić information content (AvgIpc) is 3.21. The van der Waals surface area contributed by atoms with Crippen molar-refractivity contribution in [3.05, 3.63) is 41.1 Å². The summed E-state index contributed by atoms with van der Waals surface area (Å²) in [5, 5.41) is 7.70. The van der Waals surface area contributed by atoms with Gasteiger partial charge in [0.15, 0.2) is 5.82 Å². The second kappa shape index (κ2) is 6.00. The van der Waals surface area contributed by atoms with Crippen LogP contribution in [0.25, 0.3) is 10.9 Å². The van der Waals surface area contributed by atoms with Gasteiger partial charge in [0, 0.05) is 24.0 Å². The molecule has 7 nitrogen and oxygen atoms in total. The summed E-state index contributed by atoms with van der Waals surface area (Å²) in [5.74, 6) is -0.518. The number of fused-ring (bicyclic) bond motifs is 2. The van der Waals surface area contributed by atoms with E-state index in [9.17, 15) is 18.0 Å². The third-order valence-corrected chi connectivity index (χ3v) is 4.77. The molecule has 1 amide bonds. The Kier molecular flexibility index (Phi) is 3.86. The van der Waals surface area contributed by atoms with Crippen LogP contribution in [0.15, 0.2) is 18.2 Å². The molecule has 3 aromatic rings. The number of ether oxygens (including phenoxy) is 1. The first-order valence-electron chi connectivity index (χ1n) is 8.24. The predicted octanol–water partition coefficient (Wildman–Crippen LogP) is 2.75. The van der Waals surface area contributed by atoms with Crippen molar-refractivity contribution in [2.45, 2.75) is 26.2 Å². The molecule has 27 heavy (non-hydrogen) atoms. The van der Waals surface area contributed by atoms with E-state index < -0.39 is 12.0 Å². The van der Waals surface area contributed by atoms with Gasteiger partial charge in [-0.05, 0) is 30.7 Å². The molecule has 1 aromatic carbocycles. The van der Waals surface area contributed by atoms with Crippen LogP contribution in [0, 0.1) is 6.92 Å².